The number of carbonyl (C=O) groups is 2. The number of hydrogen-bond acceptors (Lipinski definition) is 5. The van der Waals surface area contributed by atoms with Gasteiger partial charge in [0.2, 0.25) is 6.10 Å². The molecule has 6 nitrogen and oxygen atoms in total. The number of esters is 1. The molecule has 1 amide bonds. The summed E-state index contributed by atoms with van der Waals surface area (Å²) in [6, 6.07) is 13.8. The molecule has 0 aliphatic carbocycles. The second-order valence-corrected chi connectivity index (χ2v) is 4.96. The van der Waals surface area contributed by atoms with E-state index in [1.807, 2.05) is 6.07 Å². The molecule has 0 saturated carbocycles. The van der Waals surface area contributed by atoms with Crippen LogP contribution in [0.25, 0.3) is 0 Å². The molecule has 0 radical (unpaired) electrons. The zero-order chi connectivity index (χ0) is 17.5. The van der Waals surface area contributed by atoms with Crippen LogP contribution < -0.4 is 14.8 Å². The maximum absolute atomic E-state index is 12.6. The molecule has 126 valence electrons. The number of nitrogens with one attached hydrogen (secondary N) is 1. The molecule has 0 spiro atoms. The van der Waals surface area contributed by atoms with E-state index in [9.17, 15) is 9.59 Å². The van der Waals surface area contributed by atoms with Gasteiger partial charge in [-0.25, -0.2) is 0 Å². The van der Waals surface area contributed by atoms with Crippen LogP contribution in [-0.4, -0.2) is 26.1 Å². The topological polar surface area (TPSA) is 73.9 Å². The SMILES string of the molecule is COc1ccc(OC)c(NC(=O)[C@H](OC(C)=O)c2ccccc2)c1. The van der Waals surface area contributed by atoms with Crippen molar-refractivity contribution in [1.29, 1.82) is 0 Å². The average molecular weight is 329 g/mol. The van der Waals surface area contributed by atoms with Gasteiger partial charge in [-0.3, -0.25) is 9.59 Å². The molecule has 0 aliphatic rings. The minimum Gasteiger partial charge on any atom is -0.497 e. The standard InChI is InChI=1S/C18H19NO5/c1-12(20)24-17(13-7-5-4-6-8-13)18(21)19-15-11-14(22-2)9-10-16(15)23-3/h4-11,17H,1-3H3,(H,19,21)/t17-/m1/s1. The van der Waals surface area contributed by atoms with E-state index >= 15 is 0 Å². The largest absolute Gasteiger partial charge is 0.497 e. The fraction of sp³-hybridized carbons (Fsp3) is 0.222. The highest BCUT2D eigenvalue weighted by Crippen LogP contribution is 2.30. The van der Waals surface area contributed by atoms with Gasteiger partial charge in [0, 0.05) is 18.6 Å². The van der Waals surface area contributed by atoms with Crippen LogP contribution in [-0.2, 0) is 14.3 Å². The number of rotatable bonds is 6. The van der Waals surface area contributed by atoms with Crippen LogP contribution in [0.5, 0.6) is 11.5 Å². The highest BCUT2D eigenvalue weighted by molar-refractivity contribution is 5.97. The second kappa shape index (κ2) is 8.01. The Balaban J connectivity index is 2.29. The molecule has 0 aromatic heterocycles. The summed E-state index contributed by atoms with van der Waals surface area (Å²) in [4.78, 5) is 24.0. The van der Waals surface area contributed by atoms with Crippen molar-refractivity contribution < 1.29 is 23.8 Å². The Morgan fingerprint density at radius 3 is 2.29 bits per heavy atom. The number of ether oxygens (including phenoxy) is 3. The third-order valence-electron chi connectivity index (χ3n) is 3.29. The Morgan fingerprint density at radius 2 is 1.71 bits per heavy atom. The molecule has 0 aliphatic heterocycles. The molecule has 1 N–H and O–H groups in total. The first kappa shape index (κ1) is 17.3. The van der Waals surface area contributed by atoms with Crippen LogP contribution in [0.1, 0.15) is 18.6 Å². The molecule has 2 aromatic rings. The summed E-state index contributed by atoms with van der Waals surface area (Å²) in [7, 11) is 3.03. The van der Waals surface area contributed by atoms with E-state index in [1.165, 1.54) is 21.1 Å². The van der Waals surface area contributed by atoms with E-state index in [0.29, 0.717) is 22.7 Å². The Morgan fingerprint density at radius 1 is 1.00 bits per heavy atom. The van der Waals surface area contributed by atoms with Crippen molar-refractivity contribution >= 4 is 17.6 Å². The zero-order valence-corrected chi connectivity index (χ0v) is 13.7. The molecule has 0 heterocycles. The number of hydrogen-bond donors (Lipinski definition) is 1. The molecule has 0 bridgehead atoms. The van der Waals surface area contributed by atoms with Crippen molar-refractivity contribution in [3.63, 3.8) is 0 Å². The molecule has 2 aromatic carbocycles. The number of benzene rings is 2. The van der Waals surface area contributed by atoms with E-state index in [2.05, 4.69) is 5.32 Å². The van der Waals surface area contributed by atoms with Crippen molar-refractivity contribution in [3.8, 4) is 11.5 Å². The third kappa shape index (κ3) is 4.25. The maximum Gasteiger partial charge on any atom is 0.303 e. The molecular formula is C18H19NO5. The molecular weight excluding hydrogens is 310 g/mol. The maximum atomic E-state index is 12.6. The highest BCUT2D eigenvalue weighted by atomic mass is 16.5. The fourth-order valence-corrected chi connectivity index (χ4v) is 2.18. The van der Waals surface area contributed by atoms with E-state index in [4.69, 9.17) is 14.2 Å². The monoisotopic (exact) mass is 329 g/mol. The summed E-state index contributed by atoms with van der Waals surface area (Å²) in [5, 5.41) is 2.72. The van der Waals surface area contributed by atoms with Crippen LogP contribution in [0.3, 0.4) is 0 Å². The van der Waals surface area contributed by atoms with Gasteiger partial charge in [-0.15, -0.1) is 0 Å². The third-order valence-corrected chi connectivity index (χ3v) is 3.29. The number of carbonyl (C=O) groups excluding carboxylic acids is 2. The first-order valence-electron chi connectivity index (χ1n) is 7.30. The normalized spacial score (nSPS) is 11.3. The molecule has 24 heavy (non-hydrogen) atoms. The lowest BCUT2D eigenvalue weighted by Crippen LogP contribution is -2.25. The van der Waals surface area contributed by atoms with Gasteiger partial charge in [0.1, 0.15) is 11.5 Å². The van der Waals surface area contributed by atoms with Crippen LogP contribution in [0.4, 0.5) is 5.69 Å². The Hall–Kier alpha value is -3.02. The van der Waals surface area contributed by atoms with Gasteiger partial charge >= 0.3 is 5.97 Å². The Bertz CT molecular complexity index is 715. The Labute approximate surface area is 140 Å². The van der Waals surface area contributed by atoms with Crippen molar-refractivity contribution in [2.75, 3.05) is 19.5 Å². The Kier molecular flexibility index (Phi) is 5.78. The molecule has 2 rings (SSSR count). The van der Waals surface area contributed by atoms with Crippen LogP contribution >= 0.6 is 0 Å². The van der Waals surface area contributed by atoms with Crippen molar-refractivity contribution in [2.45, 2.75) is 13.0 Å². The van der Waals surface area contributed by atoms with Gasteiger partial charge in [-0.05, 0) is 12.1 Å². The van der Waals surface area contributed by atoms with Crippen molar-refractivity contribution in [1.82, 2.24) is 0 Å². The van der Waals surface area contributed by atoms with Gasteiger partial charge in [-0.1, -0.05) is 30.3 Å². The minimum absolute atomic E-state index is 0.426. The lowest BCUT2D eigenvalue weighted by molar-refractivity contribution is -0.152. The van der Waals surface area contributed by atoms with Crippen molar-refractivity contribution in [2.24, 2.45) is 0 Å². The van der Waals surface area contributed by atoms with Crippen LogP contribution in [0, 0.1) is 0 Å². The summed E-state index contributed by atoms with van der Waals surface area (Å²) in [6.45, 7) is 1.26. The first-order valence-corrected chi connectivity index (χ1v) is 7.30. The van der Waals surface area contributed by atoms with Gasteiger partial charge in [0.15, 0.2) is 0 Å². The van der Waals surface area contributed by atoms with E-state index in [1.54, 1.807) is 42.5 Å². The fourth-order valence-electron chi connectivity index (χ4n) is 2.18. The number of methoxy groups -OCH3 is 2. The number of anilines is 1. The molecule has 0 saturated heterocycles. The predicted octanol–water partition coefficient (Wildman–Crippen LogP) is 2.95. The zero-order valence-electron chi connectivity index (χ0n) is 13.7. The summed E-state index contributed by atoms with van der Waals surface area (Å²) in [5.74, 6) is 0.00759. The van der Waals surface area contributed by atoms with Crippen LogP contribution in [0.15, 0.2) is 48.5 Å². The molecule has 1 atom stereocenters. The van der Waals surface area contributed by atoms with Gasteiger partial charge in [0.05, 0.1) is 19.9 Å². The lowest BCUT2D eigenvalue weighted by atomic mass is 10.1. The average Bonchev–Trinajstić information content (AvgIpc) is 2.60. The van der Waals surface area contributed by atoms with E-state index in [-0.39, 0.29) is 0 Å². The highest BCUT2D eigenvalue weighted by Gasteiger charge is 2.24. The van der Waals surface area contributed by atoms with E-state index in [0.717, 1.165) is 0 Å². The first-order chi connectivity index (χ1) is 11.5. The minimum atomic E-state index is -1.06. The van der Waals surface area contributed by atoms with Crippen LogP contribution in [0.2, 0.25) is 0 Å². The van der Waals surface area contributed by atoms with Crippen molar-refractivity contribution in [3.05, 3.63) is 54.1 Å². The quantitative estimate of drug-likeness (QED) is 0.825. The summed E-state index contributed by atoms with van der Waals surface area (Å²) in [6.07, 6.45) is -1.06. The summed E-state index contributed by atoms with van der Waals surface area (Å²) in [5.41, 5.74) is 1.00. The number of amides is 1. The predicted molar refractivity (Wildman–Crippen MR) is 89.1 cm³/mol. The molecule has 6 heteroatoms. The summed E-state index contributed by atoms with van der Waals surface area (Å²) >= 11 is 0. The smallest absolute Gasteiger partial charge is 0.303 e. The molecule has 0 unspecified atom stereocenters. The summed E-state index contributed by atoms with van der Waals surface area (Å²) < 4.78 is 15.6. The van der Waals surface area contributed by atoms with Gasteiger partial charge < -0.3 is 19.5 Å². The lowest BCUT2D eigenvalue weighted by Gasteiger charge is -2.18. The molecule has 0 fully saturated rings. The second-order valence-electron chi connectivity index (χ2n) is 4.96. The van der Waals surface area contributed by atoms with Gasteiger partial charge in [-0.2, -0.15) is 0 Å². The van der Waals surface area contributed by atoms with Gasteiger partial charge in [0.25, 0.3) is 5.91 Å². The van der Waals surface area contributed by atoms with E-state index < -0.39 is 18.0 Å².